The summed E-state index contributed by atoms with van der Waals surface area (Å²) >= 11 is 0. The fourth-order valence-electron chi connectivity index (χ4n) is 2.60. The summed E-state index contributed by atoms with van der Waals surface area (Å²) in [6, 6.07) is 5.06. The van der Waals surface area contributed by atoms with Gasteiger partial charge in [-0.05, 0) is 43.7 Å². The summed E-state index contributed by atoms with van der Waals surface area (Å²) in [6.45, 7) is -0.878. The quantitative estimate of drug-likeness (QED) is 0.837. The Balaban J connectivity index is 1.98. The standard InChI is InChI=1S/C14H18F3N3O3S/c1-24(22,23)19-11-6-4-10(5-7-11)18-13(21)12-3-2-8-20(12)9-14(15,16)17/h4-7,12,19H,2-3,8-9H2,1H3,(H,18,21). The number of likely N-dealkylation sites (tertiary alicyclic amines) is 1. The largest absolute Gasteiger partial charge is 0.401 e. The Hall–Kier alpha value is -1.81. The lowest BCUT2D eigenvalue weighted by Gasteiger charge is -2.24. The van der Waals surface area contributed by atoms with Gasteiger partial charge in [0.25, 0.3) is 0 Å². The van der Waals surface area contributed by atoms with Gasteiger partial charge in [0.2, 0.25) is 15.9 Å². The zero-order chi connectivity index (χ0) is 18.0. The second-order valence-corrected chi connectivity index (χ2v) is 7.43. The minimum atomic E-state index is -4.35. The number of carbonyl (C=O) groups is 1. The minimum absolute atomic E-state index is 0.231. The number of amides is 1. The summed E-state index contributed by atoms with van der Waals surface area (Å²) in [5.74, 6) is -0.499. The van der Waals surface area contributed by atoms with Crippen LogP contribution in [0.25, 0.3) is 0 Å². The predicted molar refractivity (Wildman–Crippen MR) is 84.2 cm³/mol. The van der Waals surface area contributed by atoms with E-state index in [0.717, 1.165) is 11.2 Å². The molecule has 1 atom stereocenters. The maximum Gasteiger partial charge on any atom is 0.401 e. The molecule has 1 aliphatic heterocycles. The van der Waals surface area contributed by atoms with Gasteiger partial charge in [0, 0.05) is 11.4 Å². The van der Waals surface area contributed by atoms with E-state index < -0.39 is 34.7 Å². The van der Waals surface area contributed by atoms with E-state index in [9.17, 15) is 26.4 Å². The summed E-state index contributed by atoms with van der Waals surface area (Å²) in [4.78, 5) is 13.3. The Labute approximate surface area is 138 Å². The van der Waals surface area contributed by atoms with Crippen LogP contribution in [0.1, 0.15) is 12.8 Å². The zero-order valence-electron chi connectivity index (χ0n) is 12.9. The first kappa shape index (κ1) is 18.5. The van der Waals surface area contributed by atoms with Crippen molar-refractivity contribution in [2.24, 2.45) is 0 Å². The number of sulfonamides is 1. The van der Waals surface area contributed by atoms with Gasteiger partial charge in [-0.3, -0.25) is 14.4 Å². The highest BCUT2D eigenvalue weighted by Crippen LogP contribution is 2.25. The molecular formula is C14H18F3N3O3S. The first-order chi connectivity index (χ1) is 11.0. The van der Waals surface area contributed by atoms with Crippen molar-refractivity contribution in [3.8, 4) is 0 Å². The smallest absolute Gasteiger partial charge is 0.325 e. The average Bonchev–Trinajstić information content (AvgIpc) is 2.85. The number of nitrogens with zero attached hydrogens (tertiary/aromatic N) is 1. The van der Waals surface area contributed by atoms with E-state index in [-0.39, 0.29) is 6.54 Å². The number of halogens is 3. The predicted octanol–water partition coefficient (Wildman–Crippen LogP) is 2.02. The van der Waals surface area contributed by atoms with Crippen LogP contribution in [-0.4, -0.2) is 50.8 Å². The van der Waals surface area contributed by atoms with Crippen molar-refractivity contribution in [3.05, 3.63) is 24.3 Å². The van der Waals surface area contributed by atoms with Crippen molar-refractivity contribution in [1.82, 2.24) is 4.90 Å². The fraction of sp³-hybridized carbons (Fsp3) is 0.500. The van der Waals surface area contributed by atoms with E-state index in [1.165, 1.54) is 24.3 Å². The van der Waals surface area contributed by atoms with Crippen LogP contribution in [0.3, 0.4) is 0 Å². The number of benzene rings is 1. The summed E-state index contributed by atoms with van der Waals surface area (Å²) in [5, 5.41) is 2.56. The SMILES string of the molecule is CS(=O)(=O)Nc1ccc(NC(=O)C2CCCN2CC(F)(F)F)cc1. The Morgan fingerprint density at radius 2 is 1.83 bits per heavy atom. The van der Waals surface area contributed by atoms with Crippen molar-refractivity contribution in [1.29, 1.82) is 0 Å². The molecule has 10 heteroatoms. The molecule has 0 saturated carbocycles. The first-order valence-corrected chi connectivity index (χ1v) is 9.12. The van der Waals surface area contributed by atoms with Crippen molar-refractivity contribution in [3.63, 3.8) is 0 Å². The molecule has 1 aromatic rings. The summed E-state index contributed by atoms with van der Waals surface area (Å²) < 4.78 is 62.1. The Bertz CT molecular complexity index is 689. The highest BCUT2D eigenvalue weighted by Gasteiger charge is 2.38. The van der Waals surface area contributed by atoms with Crippen molar-refractivity contribution in [2.45, 2.75) is 25.1 Å². The van der Waals surface area contributed by atoms with E-state index in [0.29, 0.717) is 24.2 Å². The lowest BCUT2D eigenvalue weighted by molar-refractivity contribution is -0.150. The van der Waals surface area contributed by atoms with Crippen LogP contribution in [0.15, 0.2) is 24.3 Å². The highest BCUT2D eigenvalue weighted by molar-refractivity contribution is 7.92. The van der Waals surface area contributed by atoms with Gasteiger partial charge in [0.1, 0.15) is 0 Å². The third-order valence-electron chi connectivity index (χ3n) is 3.50. The summed E-state index contributed by atoms with van der Waals surface area (Å²) in [6.07, 6.45) is -2.43. The van der Waals surface area contributed by atoms with Crippen molar-refractivity contribution in [2.75, 3.05) is 29.4 Å². The van der Waals surface area contributed by atoms with Crippen LogP contribution in [-0.2, 0) is 14.8 Å². The Morgan fingerprint density at radius 1 is 1.25 bits per heavy atom. The van der Waals surface area contributed by atoms with Gasteiger partial charge in [-0.2, -0.15) is 13.2 Å². The van der Waals surface area contributed by atoms with Gasteiger partial charge in [-0.1, -0.05) is 0 Å². The Morgan fingerprint density at radius 3 is 2.38 bits per heavy atom. The second-order valence-electron chi connectivity index (χ2n) is 5.68. The van der Waals surface area contributed by atoms with Crippen LogP contribution in [0.5, 0.6) is 0 Å². The lowest BCUT2D eigenvalue weighted by atomic mass is 10.2. The molecule has 0 bridgehead atoms. The summed E-state index contributed by atoms with van der Waals surface area (Å²) in [7, 11) is -3.40. The van der Waals surface area contributed by atoms with Gasteiger partial charge < -0.3 is 5.32 Å². The van der Waals surface area contributed by atoms with Gasteiger partial charge in [0.05, 0.1) is 18.8 Å². The van der Waals surface area contributed by atoms with E-state index in [1.54, 1.807) is 0 Å². The molecule has 1 aromatic carbocycles. The summed E-state index contributed by atoms with van der Waals surface area (Å²) in [5.41, 5.74) is 0.716. The molecule has 1 amide bonds. The van der Waals surface area contributed by atoms with Gasteiger partial charge in [0.15, 0.2) is 0 Å². The molecule has 0 radical (unpaired) electrons. The number of carbonyl (C=O) groups excluding carboxylic acids is 1. The van der Waals surface area contributed by atoms with Crippen molar-refractivity contribution >= 4 is 27.3 Å². The molecule has 2 N–H and O–H groups in total. The first-order valence-electron chi connectivity index (χ1n) is 7.23. The van der Waals surface area contributed by atoms with Gasteiger partial charge in [-0.15, -0.1) is 0 Å². The molecule has 0 aromatic heterocycles. The molecule has 6 nitrogen and oxygen atoms in total. The maximum absolute atomic E-state index is 12.5. The third-order valence-corrected chi connectivity index (χ3v) is 4.11. The van der Waals surface area contributed by atoms with E-state index in [2.05, 4.69) is 10.0 Å². The van der Waals surface area contributed by atoms with Crippen LogP contribution in [0.2, 0.25) is 0 Å². The van der Waals surface area contributed by atoms with Crippen molar-refractivity contribution < 1.29 is 26.4 Å². The van der Waals surface area contributed by atoms with Gasteiger partial charge in [-0.25, -0.2) is 8.42 Å². The van der Waals surface area contributed by atoms with Crippen LogP contribution in [0.4, 0.5) is 24.5 Å². The lowest BCUT2D eigenvalue weighted by Crippen LogP contribution is -2.44. The average molecular weight is 365 g/mol. The number of alkyl halides is 3. The van der Waals surface area contributed by atoms with E-state index in [1.807, 2.05) is 0 Å². The highest BCUT2D eigenvalue weighted by atomic mass is 32.2. The second kappa shape index (κ2) is 6.98. The topological polar surface area (TPSA) is 78.5 Å². The zero-order valence-corrected chi connectivity index (χ0v) is 13.7. The molecule has 1 unspecified atom stereocenters. The number of hydrogen-bond donors (Lipinski definition) is 2. The molecule has 0 aliphatic carbocycles. The van der Waals surface area contributed by atoms with Gasteiger partial charge >= 0.3 is 6.18 Å². The molecule has 0 spiro atoms. The maximum atomic E-state index is 12.5. The molecule has 2 rings (SSSR count). The van der Waals surface area contributed by atoms with Crippen LogP contribution in [0, 0.1) is 0 Å². The Kier molecular flexibility index (Phi) is 5.38. The van der Waals surface area contributed by atoms with E-state index in [4.69, 9.17) is 0 Å². The molecule has 1 saturated heterocycles. The number of rotatable bonds is 5. The van der Waals surface area contributed by atoms with Crippen LogP contribution >= 0.6 is 0 Å². The molecule has 1 heterocycles. The van der Waals surface area contributed by atoms with E-state index >= 15 is 0 Å². The number of anilines is 2. The monoisotopic (exact) mass is 365 g/mol. The molecule has 134 valence electrons. The number of nitrogens with one attached hydrogen (secondary N) is 2. The minimum Gasteiger partial charge on any atom is -0.325 e. The molecule has 1 fully saturated rings. The normalized spacial score (nSPS) is 19.2. The fourth-order valence-corrected chi connectivity index (χ4v) is 3.17. The molecule has 1 aliphatic rings. The molecule has 24 heavy (non-hydrogen) atoms. The molecular weight excluding hydrogens is 347 g/mol. The number of hydrogen-bond acceptors (Lipinski definition) is 4. The van der Waals surface area contributed by atoms with Crippen LogP contribution < -0.4 is 10.0 Å². The third kappa shape index (κ3) is 5.68.